The molecular weight excluding hydrogens is 182 g/mol. The Morgan fingerprint density at radius 1 is 1.07 bits per heavy atom. The van der Waals surface area contributed by atoms with E-state index in [-0.39, 0.29) is 0 Å². The van der Waals surface area contributed by atoms with Gasteiger partial charge in [0.25, 0.3) is 0 Å². The van der Waals surface area contributed by atoms with Crippen LogP contribution in [0.25, 0.3) is 0 Å². The Labute approximate surface area is 95.8 Å². The second kappa shape index (κ2) is 5.89. The molecule has 1 aliphatic carbocycles. The topological polar surface area (TPSA) is 26.0 Å². The van der Waals surface area contributed by atoms with Crippen LogP contribution in [0.2, 0.25) is 0 Å². The largest absolute Gasteiger partial charge is 0.327 e. The highest BCUT2D eigenvalue weighted by molar-refractivity contribution is 4.89. The minimum absolute atomic E-state index is 0.465. The maximum Gasteiger partial charge on any atom is 0.00724 e. The zero-order valence-corrected chi connectivity index (χ0v) is 11.0. The summed E-state index contributed by atoms with van der Waals surface area (Å²) in [5.74, 6) is 3.32. The van der Waals surface area contributed by atoms with Crippen LogP contribution in [0.3, 0.4) is 0 Å². The third-order valence-corrected chi connectivity index (χ3v) is 4.74. The van der Waals surface area contributed by atoms with Crippen LogP contribution in [0.4, 0.5) is 0 Å². The van der Waals surface area contributed by atoms with E-state index in [1.807, 2.05) is 0 Å². The summed E-state index contributed by atoms with van der Waals surface area (Å²) in [6.07, 6.45) is 6.61. The van der Waals surface area contributed by atoms with E-state index in [2.05, 4.69) is 27.7 Å². The average molecular weight is 211 g/mol. The first-order valence-electron chi connectivity index (χ1n) is 6.87. The van der Waals surface area contributed by atoms with Crippen molar-refractivity contribution in [2.45, 2.75) is 65.8 Å². The maximum atomic E-state index is 6.34. The van der Waals surface area contributed by atoms with Crippen molar-refractivity contribution < 1.29 is 0 Å². The third kappa shape index (κ3) is 2.96. The Morgan fingerprint density at radius 2 is 1.67 bits per heavy atom. The molecule has 90 valence electrons. The molecule has 0 spiro atoms. The molecule has 0 heterocycles. The molecular formula is C14H29N. The molecule has 1 fully saturated rings. The van der Waals surface area contributed by atoms with Crippen molar-refractivity contribution in [2.75, 3.05) is 0 Å². The molecule has 2 N–H and O–H groups in total. The van der Waals surface area contributed by atoms with Gasteiger partial charge < -0.3 is 5.73 Å². The van der Waals surface area contributed by atoms with Gasteiger partial charge >= 0.3 is 0 Å². The molecule has 1 nitrogen and oxygen atoms in total. The van der Waals surface area contributed by atoms with Gasteiger partial charge in [-0.25, -0.2) is 0 Å². The molecule has 1 heteroatoms. The number of rotatable bonds is 4. The second-order valence-electron chi connectivity index (χ2n) is 5.61. The van der Waals surface area contributed by atoms with Crippen LogP contribution < -0.4 is 5.73 Å². The lowest BCUT2D eigenvalue weighted by Gasteiger charge is -2.42. The van der Waals surface area contributed by atoms with E-state index in [0.29, 0.717) is 6.04 Å². The van der Waals surface area contributed by atoms with Gasteiger partial charge in [-0.15, -0.1) is 0 Å². The van der Waals surface area contributed by atoms with E-state index in [0.717, 1.165) is 23.7 Å². The van der Waals surface area contributed by atoms with Gasteiger partial charge in [-0.05, 0) is 36.5 Å². The predicted molar refractivity (Wildman–Crippen MR) is 67.7 cm³/mol. The number of hydrogen-bond acceptors (Lipinski definition) is 1. The first-order chi connectivity index (χ1) is 7.11. The summed E-state index contributed by atoms with van der Waals surface area (Å²) in [5.41, 5.74) is 6.34. The summed E-state index contributed by atoms with van der Waals surface area (Å²) in [4.78, 5) is 0. The van der Waals surface area contributed by atoms with Crippen LogP contribution in [0.5, 0.6) is 0 Å². The Morgan fingerprint density at radius 3 is 2.20 bits per heavy atom. The summed E-state index contributed by atoms with van der Waals surface area (Å²) in [7, 11) is 0. The zero-order valence-electron chi connectivity index (χ0n) is 11.0. The molecule has 0 aromatic heterocycles. The molecule has 0 amide bonds. The lowest BCUT2D eigenvalue weighted by molar-refractivity contribution is 0.0957. The molecule has 0 aliphatic heterocycles. The Balaban J connectivity index is 2.72. The van der Waals surface area contributed by atoms with Gasteiger partial charge in [0.1, 0.15) is 0 Å². The molecule has 5 atom stereocenters. The van der Waals surface area contributed by atoms with Crippen LogP contribution in [0.15, 0.2) is 0 Å². The fraction of sp³-hybridized carbons (Fsp3) is 1.00. The maximum absolute atomic E-state index is 6.34. The van der Waals surface area contributed by atoms with Crippen molar-refractivity contribution in [3.8, 4) is 0 Å². The van der Waals surface area contributed by atoms with Crippen molar-refractivity contribution in [1.82, 2.24) is 0 Å². The van der Waals surface area contributed by atoms with Crippen LogP contribution in [-0.4, -0.2) is 6.04 Å². The van der Waals surface area contributed by atoms with Gasteiger partial charge in [0.15, 0.2) is 0 Å². The molecule has 0 saturated heterocycles. The van der Waals surface area contributed by atoms with E-state index in [1.54, 1.807) is 0 Å². The van der Waals surface area contributed by atoms with E-state index in [1.165, 1.54) is 32.1 Å². The Bertz CT molecular complexity index is 174. The Kier molecular flexibility index (Phi) is 5.11. The summed E-state index contributed by atoms with van der Waals surface area (Å²) >= 11 is 0. The lowest BCUT2D eigenvalue weighted by Crippen LogP contribution is -2.44. The zero-order chi connectivity index (χ0) is 11.4. The van der Waals surface area contributed by atoms with Crippen molar-refractivity contribution in [2.24, 2.45) is 29.4 Å². The predicted octanol–water partition coefficient (Wildman–Crippen LogP) is 3.82. The van der Waals surface area contributed by atoms with Crippen LogP contribution >= 0.6 is 0 Å². The summed E-state index contributed by atoms with van der Waals surface area (Å²) in [5, 5.41) is 0. The number of nitrogens with two attached hydrogens (primary N) is 1. The molecule has 15 heavy (non-hydrogen) atoms. The van der Waals surface area contributed by atoms with Gasteiger partial charge in [-0.1, -0.05) is 47.0 Å². The van der Waals surface area contributed by atoms with Crippen LogP contribution in [0.1, 0.15) is 59.8 Å². The van der Waals surface area contributed by atoms with Crippen LogP contribution in [-0.2, 0) is 0 Å². The average Bonchev–Trinajstić information content (AvgIpc) is 2.26. The Hall–Kier alpha value is -0.0400. The summed E-state index contributed by atoms with van der Waals surface area (Å²) < 4.78 is 0. The molecule has 1 rings (SSSR count). The van der Waals surface area contributed by atoms with Gasteiger partial charge in [0.2, 0.25) is 0 Å². The highest BCUT2D eigenvalue weighted by Crippen LogP contribution is 2.40. The minimum atomic E-state index is 0.465. The molecule has 1 saturated carbocycles. The lowest BCUT2D eigenvalue weighted by atomic mass is 9.65. The quantitative estimate of drug-likeness (QED) is 0.751. The fourth-order valence-corrected chi connectivity index (χ4v) is 3.37. The summed E-state index contributed by atoms with van der Waals surface area (Å²) in [6, 6.07) is 0.465. The van der Waals surface area contributed by atoms with E-state index in [4.69, 9.17) is 5.73 Å². The normalized spacial score (nSPS) is 36.2. The molecule has 0 aromatic carbocycles. The van der Waals surface area contributed by atoms with Crippen molar-refractivity contribution in [3.05, 3.63) is 0 Å². The first kappa shape index (κ1) is 13.0. The molecule has 5 unspecified atom stereocenters. The van der Waals surface area contributed by atoms with Crippen molar-refractivity contribution in [1.29, 1.82) is 0 Å². The standard InChI is InChI=1S/C14H29N/c1-5-10(3)12-8-7-9-13(15)14(12)11(4)6-2/h10-14H,5-9,15H2,1-4H3. The second-order valence-corrected chi connectivity index (χ2v) is 5.61. The van der Waals surface area contributed by atoms with Gasteiger partial charge in [-0.2, -0.15) is 0 Å². The van der Waals surface area contributed by atoms with Gasteiger partial charge in [0, 0.05) is 6.04 Å². The van der Waals surface area contributed by atoms with Crippen molar-refractivity contribution >= 4 is 0 Å². The molecule has 0 radical (unpaired) electrons. The number of hydrogen-bond donors (Lipinski definition) is 1. The highest BCUT2D eigenvalue weighted by Gasteiger charge is 2.36. The first-order valence-corrected chi connectivity index (χ1v) is 6.87. The fourth-order valence-electron chi connectivity index (χ4n) is 3.37. The summed E-state index contributed by atoms with van der Waals surface area (Å²) in [6.45, 7) is 9.43. The van der Waals surface area contributed by atoms with Gasteiger partial charge in [-0.3, -0.25) is 0 Å². The van der Waals surface area contributed by atoms with Gasteiger partial charge in [0.05, 0.1) is 0 Å². The van der Waals surface area contributed by atoms with E-state index >= 15 is 0 Å². The molecule has 0 aromatic rings. The van der Waals surface area contributed by atoms with E-state index in [9.17, 15) is 0 Å². The monoisotopic (exact) mass is 211 g/mol. The third-order valence-electron chi connectivity index (χ3n) is 4.74. The molecule has 0 bridgehead atoms. The minimum Gasteiger partial charge on any atom is -0.327 e. The SMILES string of the molecule is CCC(C)C1CCCC(N)C1C(C)CC. The highest BCUT2D eigenvalue weighted by atomic mass is 14.7. The van der Waals surface area contributed by atoms with Crippen molar-refractivity contribution in [3.63, 3.8) is 0 Å². The smallest absolute Gasteiger partial charge is 0.00724 e. The van der Waals surface area contributed by atoms with E-state index < -0.39 is 0 Å². The van der Waals surface area contributed by atoms with Crippen LogP contribution in [0, 0.1) is 23.7 Å². The molecule has 1 aliphatic rings.